The Bertz CT molecular complexity index is 1430. The van der Waals surface area contributed by atoms with Crippen molar-refractivity contribution in [2.75, 3.05) is 37.9 Å². The third-order valence-electron chi connectivity index (χ3n) is 6.38. The molecular weight excluding hydrogens is 507 g/mol. The van der Waals surface area contributed by atoms with Crippen LogP contribution in [0.3, 0.4) is 0 Å². The Kier molecular flexibility index (Phi) is 7.54. The number of pyridine rings is 1. The summed E-state index contributed by atoms with van der Waals surface area (Å²) in [5, 5.41) is 7.50. The number of carbonyl (C=O) groups is 1. The number of hydrogen-bond donors (Lipinski definition) is 2. The Morgan fingerprint density at radius 3 is 2.74 bits per heavy atom. The minimum atomic E-state index is -1.01. The predicted octanol–water partition coefficient (Wildman–Crippen LogP) is 5.07. The maximum absolute atomic E-state index is 13.9. The number of fused-ring (bicyclic) bond motifs is 1. The fraction of sp³-hybridized carbons (Fsp3) is 0.333. The molecule has 2 N–H and O–H groups in total. The van der Waals surface area contributed by atoms with Gasteiger partial charge >= 0.3 is 0 Å². The molecule has 1 amide bonds. The van der Waals surface area contributed by atoms with Crippen LogP contribution in [-0.2, 0) is 6.54 Å². The number of likely N-dealkylation sites (tertiary alicyclic amines) is 1. The van der Waals surface area contributed by atoms with Crippen molar-refractivity contribution in [2.24, 2.45) is 0 Å². The molecule has 1 saturated heterocycles. The van der Waals surface area contributed by atoms with Crippen molar-refractivity contribution in [1.82, 2.24) is 19.9 Å². The maximum atomic E-state index is 13.9. The second-order valence-electron chi connectivity index (χ2n) is 9.02. The van der Waals surface area contributed by atoms with Crippen molar-refractivity contribution in [1.29, 1.82) is 0 Å². The number of benzene rings is 1. The van der Waals surface area contributed by atoms with Gasteiger partial charge in [-0.15, -0.1) is 11.3 Å². The third-order valence-corrected chi connectivity index (χ3v) is 7.47. The Morgan fingerprint density at radius 1 is 1.18 bits per heavy atom. The van der Waals surface area contributed by atoms with E-state index in [4.69, 9.17) is 14.5 Å². The largest absolute Gasteiger partial charge is 0.493 e. The lowest BCUT2D eigenvalue weighted by atomic mass is 10.2. The van der Waals surface area contributed by atoms with Gasteiger partial charge in [0.05, 0.1) is 47.7 Å². The minimum absolute atomic E-state index is 0.0766. The van der Waals surface area contributed by atoms with Gasteiger partial charge in [-0.25, -0.2) is 14.4 Å². The second-order valence-corrected chi connectivity index (χ2v) is 10.1. The van der Waals surface area contributed by atoms with E-state index in [1.54, 1.807) is 20.4 Å². The highest BCUT2D eigenvalue weighted by Crippen LogP contribution is 2.34. The van der Waals surface area contributed by atoms with Gasteiger partial charge in [-0.05, 0) is 49.2 Å². The first-order valence-corrected chi connectivity index (χ1v) is 13.1. The fourth-order valence-corrected chi connectivity index (χ4v) is 5.33. The summed E-state index contributed by atoms with van der Waals surface area (Å²) in [6, 6.07) is 13.1. The number of halogens is 1. The van der Waals surface area contributed by atoms with Crippen molar-refractivity contribution >= 4 is 38.4 Å². The van der Waals surface area contributed by atoms with Crippen molar-refractivity contribution in [3.05, 3.63) is 65.6 Å². The number of rotatable bonds is 9. The van der Waals surface area contributed by atoms with Crippen LogP contribution >= 0.6 is 11.3 Å². The molecular formula is C27H29FN6O3S. The SMILES string of the molecule is COc1ccc(CNc2cc3nc(NC(C)c4ccccn4)nc(C(=O)N4CC[C@@H](F)C4)c3s2)cc1OC. The van der Waals surface area contributed by atoms with Crippen LogP contribution in [0.2, 0.25) is 0 Å². The van der Waals surface area contributed by atoms with Crippen LogP contribution in [0.25, 0.3) is 10.2 Å². The van der Waals surface area contributed by atoms with E-state index in [9.17, 15) is 9.18 Å². The van der Waals surface area contributed by atoms with Gasteiger partial charge in [0.15, 0.2) is 17.2 Å². The predicted molar refractivity (Wildman–Crippen MR) is 146 cm³/mol. The van der Waals surface area contributed by atoms with E-state index in [1.165, 1.54) is 16.2 Å². The monoisotopic (exact) mass is 536 g/mol. The number of aromatic nitrogens is 3. The maximum Gasteiger partial charge on any atom is 0.274 e. The summed E-state index contributed by atoms with van der Waals surface area (Å²) in [6.07, 6.45) is 1.05. The smallest absolute Gasteiger partial charge is 0.274 e. The summed E-state index contributed by atoms with van der Waals surface area (Å²) < 4.78 is 25.3. The van der Waals surface area contributed by atoms with Gasteiger partial charge in [0.2, 0.25) is 5.95 Å². The number of hydrogen-bond acceptors (Lipinski definition) is 9. The van der Waals surface area contributed by atoms with Crippen LogP contribution in [-0.4, -0.2) is 59.2 Å². The van der Waals surface area contributed by atoms with Crippen molar-refractivity contribution < 1.29 is 18.7 Å². The Morgan fingerprint density at radius 2 is 2.03 bits per heavy atom. The lowest BCUT2D eigenvalue weighted by Crippen LogP contribution is -2.30. The second kappa shape index (κ2) is 11.2. The lowest BCUT2D eigenvalue weighted by Gasteiger charge is -2.17. The molecule has 38 heavy (non-hydrogen) atoms. The topological polar surface area (TPSA) is 102 Å². The number of thiophene rings is 1. The van der Waals surface area contributed by atoms with Crippen LogP contribution in [0.5, 0.6) is 11.5 Å². The average Bonchev–Trinajstić information content (AvgIpc) is 3.57. The number of anilines is 2. The molecule has 2 atom stereocenters. The van der Waals surface area contributed by atoms with E-state index in [0.717, 1.165) is 16.3 Å². The summed E-state index contributed by atoms with van der Waals surface area (Å²) >= 11 is 1.40. The number of amides is 1. The van der Waals surface area contributed by atoms with Gasteiger partial charge in [-0.3, -0.25) is 9.78 Å². The molecule has 0 radical (unpaired) electrons. The molecule has 1 aliphatic rings. The highest BCUT2D eigenvalue weighted by Gasteiger charge is 2.30. The number of nitrogens with zero attached hydrogens (tertiary/aromatic N) is 4. The Labute approximate surface area is 224 Å². The number of nitrogens with one attached hydrogen (secondary N) is 2. The lowest BCUT2D eigenvalue weighted by molar-refractivity contribution is 0.0779. The molecule has 1 aromatic carbocycles. The summed E-state index contributed by atoms with van der Waals surface area (Å²) in [5.74, 6) is 1.34. The zero-order valence-corrected chi connectivity index (χ0v) is 22.2. The van der Waals surface area contributed by atoms with E-state index in [0.29, 0.717) is 47.2 Å². The normalized spacial score (nSPS) is 15.9. The van der Waals surface area contributed by atoms with Gasteiger partial charge in [0.25, 0.3) is 5.91 Å². The fourth-order valence-electron chi connectivity index (χ4n) is 4.36. The van der Waals surface area contributed by atoms with Crippen LogP contribution in [0.1, 0.15) is 41.1 Å². The van der Waals surface area contributed by atoms with Crippen molar-refractivity contribution in [3.8, 4) is 11.5 Å². The van der Waals surface area contributed by atoms with E-state index >= 15 is 0 Å². The highest BCUT2D eigenvalue weighted by molar-refractivity contribution is 7.23. The van der Waals surface area contributed by atoms with E-state index in [2.05, 4.69) is 20.6 Å². The van der Waals surface area contributed by atoms with Crippen LogP contribution in [0, 0.1) is 0 Å². The van der Waals surface area contributed by atoms with Crippen molar-refractivity contribution in [3.63, 3.8) is 0 Å². The van der Waals surface area contributed by atoms with Crippen LogP contribution in [0.4, 0.5) is 15.3 Å². The van der Waals surface area contributed by atoms with Crippen LogP contribution in [0.15, 0.2) is 48.7 Å². The first-order chi connectivity index (χ1) is 18.4. The van der Waals surface area contributed by atoms with Gasteiger partial charge in [0, 0.05) is 19.3 Å². The summed E-state index contributed by atoms with van der Waals surface area (Å²) in [6.45, 7) is 2.93. The molecule has 1 aliphatic heterocycles. The zero-order valence-electron chi connectivity index (χ0n) is 21.4. The standard InChI is InChI=1S/C27H29FN6O3S/c1-16(19-6-4-5-10-29-19)31-27-32-20-13-23(30-14-17-7-8-21(36-2)22(12-17)37-3)38-25(20)24(33-27)26(35)34-11-9-18(28)15-34/h4-8,10,12-13,16,18,30H,9,11,14-15H2,1-3H3,(H,31,32,33)/t16?,18-/m1/s1. The molecule has 1 fully saturated rings. The third kappa shape index (κ3) is 5.47. The van der Waals surface area contributed by atoms with E-state index in [-0.39, 0.29) is 24.2 Å². The Balaban J connectivity index is 1.44. The van der Waals surface area contributed by atoms with Crippen LogP contribution < -0.4 is 20.1 Å². The molecule has 3 aromatic heterocycles. The molecule has 5 rings (SSSR count). The average molecular weight is 537 g/mol. The molecule has 0 bridgehead atoms. The van der Waals surface area contributed by atoms with Gasteiger partial charge in [0.1, 0.15) is 6.17 Å². The summed E-state index contributed by atoms with van der Waals surface area (Å²) in [4.78, 5) is 28.6. The van der Waals surface area contributed by atoms with Crippen molar-refractivity contribution in [2.45, 2.75) is 32.1 Å². The molecule has 1 unspecified atom stereocenters. The molecule has 11 heteroatoms. The molecule has 0 saturated carbocycles. The first-order valence-electron chi connectivity index (χ1n) is 12.3. The summed E-state index contributed by atoms with van der Waals surface area (Å²) in [5.41, 5.74) is 2.73. The first kappa shape index (κ1) is 25.7. The number of methoxy groups -OCH3 is 2. The molecule has 0 spiro atoms. The molecule has 4 aromatic rings. The highest BCUT2D eigenvalue weighted by atomic mass is 32.1. The van der Waals surface area contributed by atoms with E-state index < -0.39 is 6.17 Å². The number of ether oxygens (including phenoxy) is 2. The Hall–Kier alpha value is -3.99. The zero-order chi connectivity index (χ0) is 26.6. The summed E-state index contributed by atoms with van der Waals surface area (Å²) in [7, 11) is 3.20. The van der Waals surface area contributed by atoms with E-state index in [1.807, 2.05) is 49.4 Å². The van der Waals surface area contributed by atoms with Gasteiger partial charge in [-0.1, -0.05) is 12.1 Å². The number of carbonyl (C=O) groups excluding carboxylic acids is 1. The minimum Gasteiger partial charge on any atom is -0.493 e. The van der Waals surface area contributed by atoms with Gasteiger partial charge in [-0.2, -0.15) is 0 Å². The van der Waals surface area contributed by atoms with Gasteiger partial charge < -0.3 is 25.0 Å². The molecule has 9 nitrogen and oxygen atoms in total. The molecule has 0 aliphatic carbocycles. The number of alkyl halides is 1. The molecule has 198 valence electrons. The quantitative estimate of drug-likeness (QED) is 0.306. The molecule has 4 heterocycles.